The molecule has 0 unspecified atom stereocenters. The summed E-state index contributed by atoms with van der Waals surface area (Å²) in [6, 6.07) is 1.69. The molecule has 0 radical (unpaired) electrons. The van der Waals surface area contributed by atoms with Crippen molar-refractivity contribution in [2.24, 2.45) is 0 Å². The normalized spacial score (nSPS) is 16.4. The van der Waals surface area contributed by atoms with Crippen LogP contribution < -0.4 is 9.64 Å². The molecule has 1 aromatic heterocycles. The Morgan fingerprint density at radius 3 is 2.75 bits per heavy atom. The Morgan fingerprint density at radius 1 is 1.44 bits per heavy atom. The third-order valence-electron chi connectivity index (χ3n) is 2.69. The summed E-state index contributed by atoms with van der Waals surface area (Å²) in [5, 5.41) is 0.411. The molecule has 1 saturated heterocycles. The van der Waals surface area contributed by atoms with E-state index in [1.807, 2.05) is 0 Å². The molecule has 0 aliphatic carbocycles. The number of anilines is 1. The maximum atomic E-state index is 11.2. The van der Waals surface area contributed by atoms with E-state index in [1.165, 1.54) is 0 Å². The number of methoxy groups -OCH3 is 1. The number of piperidine rings is 1. The third-order valence-corrected chi connectivity index (χ3v) is 2.90. The van der Waals surface area contributed by atoms with E-state index in [9.17, 15) is 4.79 Å². The van der Waals surface area contributed by atoms with Crippen molar-refractivity contribution in [3.63, 3.8) is 0 Å². The third kappa shape index (κ3) is 2.27. The fourth-order valence-corrected chi connectivity index (χ4v) is 1.95. The van der Waals surface area contributed by atoms with Gasteiger partial charge in [-0.15, -0.1) is 0 Å². The first-order valence-electron chi connectivity index (χ1n) is 5.17. The molecule has 0 aromatic carbocycles. The summed E-state index contributed by atoms with van der Waals surface area (Å²) >= 11 is 5.79. The van der Waals surface area contributed by atoms with Gasteiger partial charge in [0.05, 0.1) is 19.0 Å². The highest BCUT2D eigenvalue weighted by Crippen LogP contribution is 2.30. The van der Waals surface area contributed by atoms with Gasteiger partial charge < -0.3 is 9.64 Å². The standard InChI is InChI=1S/C11H13ClN2O2/c1-16-10-6-11(12)13-7-9(10)14-4-2-8(15)3-5-14/h6-7H,2-5H2,1H3. The molecule has 2 rings (SSSR count). The number of nitrogens with zero attached hydrogens (tertiary/aromatic N) is 2. The van der Waals surface area contributed by atoms with Crippen molar-refractivity contribution in [3.8, 4) is 5.75 Å². The van der Waals surface area contributed by atoms with Crippen molar-refractivity contribution in [3.05, 3.63) is 17.4 Å². The molecule has 1 fully saturated rings. The van der Waals surface area contributed by atoms with Gasteiger partial charge in [-0.25, -0.2) is 4.98 Å². The van der Waals surface area contributed by atoms with Gasteiger partial charge in [0, 0.05) is 32.0 Å². The van der Waals surface area contributed by atoms with Crippen LogP contribution in [0.3, 0.4) is 0 Å². The molecule has 2 heterocycles. The second-order valence-corrected chi connectivity index (χ2v) is 4.09. The molecule has 4 nitrogen and oxygen atoms in total. The zero-order chi connectivity index (χ0) is 11.5. The minimum atomic E-state index is 0.317. The monoisotopic (exact) mass is 240 g/mol. The number of Topliss-reactive ketones (excluding diaryl/α,β-unsaturated/α-hetero) is 1. The minimum absolute atomic E-state index is 0.317. The van der Waals surface area contributed by atoms with E-state index in [4.69, 9.17) is 16.3 Å². The Morgan fingerprint density at radius 2 is 2.12 bits per heavy atom. The van der Waals surface area contributed by atoms with Gasteiger partial charge in [0.15, 0.2) is 0 Å². The van der Waals surface area contributed by atoms with Gasteiger partial charge in [-0.05, 0) is 0 Å². The molecule has 0 bridgehead atoms. The molecule has 0 spiro atoms. The molecule has 1 aliphatic rings. The number of carbonyl (C=O) groups is 1. The molecule has 0 saturated carbocycles. The van der Waals surface area contributed by atoms with Gasteiger partial charge in [-0.1, -0.05) is 11.6 Å². The minimum Gasteiger partial charge on any atom is -0.494 e. The van der Waals surface area contributed by atoms with Gasteiger partial charge in [0.1, 0.15) is 16.7 Å². The maximum absolute atomic E-state index is 11.2. The summed E-state index contributed by atoms with van der Waals surface area (Å²) in [7, 11) is 1.60. The summed E-state index contributed by atoms with van der Waals surface area (Å²) in [4.78, 5) is 17.3. The number of ketones is 1. The van der Waals surface area contributed by atoms with Crippen LogP contribution in [0, 0.1) is 0 Å². The second kappa shape index (κ2) is 4.70. The Kier molecular flexibility index (Phi) is 3.29. The number of halogens is 1. The highest BCUT2D eigenvalue weighted by molar-refractivity contribution is 6.29. The van der Waals surface area contributed by atoms with Crippen LogP contribution in [-0.2, 0) is 4.79 Å². The molecule has 0 amide bonds. The number of aromatic nitrogens is 1. The Bertz CT molecular complexity index is 399. The van der Waals surface area contributed by atoms with E-state index in [2.05, 4.69) is 9.88 Å². The topological polar surface area (TPSA) is 42.4 Å². The van der Waals surface area contributed by atoms with Crippen molar-refractivity contribution < 1.29 is 9.53 Å². The number of hydrogen-bond acceptors (Lipinski definition) is 4. The lowest BCUT2D eigenvalue weighted by atomic mass is 10.1. The van der Waals surface area contributed by atoms with Crippen molar-refractivity contribution >= 4 is 23.1 Å². The number of ether oxygens (including phenoxy) is 1. The van der Waals surface area contributed by atoms with Crippen LogP contribution in [-0.4, -0.2) is 31.0 Å². The fourth-order valence-electron chi connectivity index (χ4n) is 1.80. The summed E-state index contributed by atoms with van der Waals surface area (Å²) in [5.74, 6) is 1.02. The second-order valence-electron chi connectivity index (χ2n) is 3.70. The van der Waals surface area contributed by atoms with Crippen molar-refractivity contribution in [2.45, 2.75) is 12.8 Å². The first-order valence-corrected chi connectivity index (χ1v) is 5.54. The number of rotatable bonds is 2. The van der Waals surface area contributed by atoms with Crippen LogP contribution in [0.25, 0.3) is 0 Å². The molecule has 16 heavy (non-hydrogen) atoms. The molecule has 86 valence electrons. The zero-order valence-corrected chi connectivity index (χ0v) is 9.83. The molecular formula is C11H13ClN2O2. The molecule has 0 N–H and O–H groups in total. The van der Waals surface area contributed by atoms with Crippen LogP contribution in [0.1, 0.15) is 12.8 Å². The van der Waals surface area contributed by atoms with Gasteiger partial charge in [-0.2, -0.15) is 0 Å². The fraction of sp³-hybridized carbons (Fsp3) is 0.455. The highest BCUT2D eigenvalue weighted by atomic mass is 35.5. The average molecular weight is 241 g/mol. The van der Waals surface area contributed by atoms with Gasteiger partial charge in [0.2, 0.25) is 0 Å². The van der Waals surface area contributed by atoms with E-state index in [0.29, 0.717) is 29.5 Å². The lowest BCUT2D eigenvalue weighted by Crippen LogP contribution is -2.34. The molecule has 0 atom stereocenters. The van der Waals surface area contributed by atoms with Crippen LogP contribution in [0.5, 0.6) is 5.75 Å². The zero-order valence-electron chi connectivity index (χ0n) is 9.07. The maximum Gasteiger partial charge on any atom is 0.146 e. The average Bonchev–Trinajstić information content (AvgIpc) is 2.30. The molecule has 1 aliphatic heterocycles. The van der Waals surface area contributed by atoms with E-state index < -0.39 is 0 Å². The van der Waals surface area contributed by atoms with E-state index in [-0.39, 0.29) is 0 Å². The predicted molar refractivity (Wildman–Crippen MR) is 62.3 cm³/mol. The Labute approximate surface area is 99.2 Å². The van der Waals surface area contributed by atoms with Crippen LogP contribution in [0.15, 0.2) is 12.3 Å². The quantitative estimate of drug-likeness (QED) is 0.741. The SMILES string of the molecule is COc1cc(Cl)ncc1N1CCC(=O)CC1. The van der Waals surface area contributed by atoms with Crippen molar-refractivity contribution in [2.75, 3.05) is 25.1 Å². The summed E-state index contributed by atoms with van der Waals surface area (Å²) in [5.41, 5.74) is 0.902. The first kappa shape index (κ1) is 11.2. The van der Waals surface area contributed by atoms with Crippen molar-refractivity contribution in [1.82, 2.24) is 4.98 Å². The summed E-state index contributed by atoms with van der Waals surface area (Å²) in [6.07, 6.45) is 2.87. The van der Waals surface area contributed by atoms with Crippen LogP contribution in [0.2, 0.25) is 5.15 Å². The number of carbonyl (C=O) groups excluding carboxylic acids is 1. The molecule has 5 heteroatoms. The van der Waals surface area contributed by atoms with Gasteiger partial charge in [0.25, 0.3) is 0 Å². The summed E-state index contributed by atoms with van der Waals surface area (Å²) in [6.45, 7) is 1.44. The van der Waals surface area contributed by atoms with Crippen LogP contribution in [0.4, 0.5) is 5.69 Å². The summed E-state index contributed by atoms with van der Waals surface area (Å²) < 4.78 is 5.26. The Hall–Kier alpha value is -1.29. The Balaban J connectivity index is 2.22. The lowest BCUT2D eigenvalue weighted by Gasteiger charge is -2.28. The van der Waals surface area contributed by atoms with E-state index in [1.54, 1.807) is 19.4 Å². The molecular weight excluding hydrogens is 228 g/mol. The number of pyridine rings is 1. The van der Waals surface area contributed by atoms with Crippen molar-refractivity contribution in [1.29, 1.82) is 0 Å². The van der Waals surface area contributed by atoms with E-state index in [0.717, 1.165) is 18.8 Å². The van der Waals surface area contributed by atoms with Crippen LogP contribution >= 0.6 is 11.6 Å². The first-order chi connectivity index (χ1) is 7.70. The largest absolute Gasteiger partial charge is 0.494 e. The predicted octanol–water partition coefficient (Wildman–Crippen LogP) is 1.91. The van der Waals surface area contributed by atoms with Gasteiger partial charge >= 0.3 is 0 Å². The smallest absolute Gasteiger partial charge is 0.146 e. The lowest BCUT2D eigenvalue weighted by molar-refractivity contribution is -0.119. The van der Waals surface area contributed by atoms with Gasteiger partial charge in [-0.3, -0.25) is 4.79 Å². The van der Waals surface area contributed by atoms with E-state index >= 15 is 0 Å². The number of hydrogen-bond donors (Lipinski definition) is 0. The molecule has 1 aromatic rings. The highest BCUT2D eigenvalue weighted by Gasteiger charge is 2.19.